The molecule has 1 aliphatic heterocycles. The summed E-state index contributed by atoms with van der Waals surface area (Å²) in [5.41, 5.74) is 1.80. The van der Waals surface area contributed by atoms with Crippen LogP contribution in [0.3, 0.4) is 0 Å². The molecule has 7 nitrogen and oxygen atoms in total. The van der Waals surface area contributed by atoms with E-state index in [1.165, 1.54) is 0 Å². The molecule has 0 saturated carbocycles. The molecule has 1 aliphatic rings. The number of anilines is 2. The number of nitrogens with zero attached hydrogens (tertiary/aromatic N) is 5. The average molecular weight is 309 g/mol. The third-order valence-electron chi connectivity index (χ3n) is 4.22. The molecule has 4 rings (SSSR count). The Hall–Kier alpha value is -2.70. The number of hydrogen-bond acceptors (Lipinski definition) is 6. The molecule has 4 heterocycles. The Labute approximate surface area is 134 Å². The minimum Gasteiger partial charge on any atom is -0.365 e. The molecule has 7 heteroatoms. The highest BCUT2D eigenvalue weighted by Crippen LogP contribution is 2.23. The van der Waals surface area contributed by atoms with E-state index in [2.05, 4.69) is 35.4 Å². The molecule has 0 unspecified atom stereocenters. The SMILES string of the molecule is Cc1ccc(N2CCC[C@H](Nc3ncnc4[nH]ccc34)C2)nn1. The molecule has 2 N–H and O–H groups in total. The Morgan fingerprint density at radius 2 is 2.17 bits per heavy atom. The Balaban J connectivity index is 1.51. The molecule has 0 radical (unpaired) electrons. The van der Waals surface area contributed by atoms with Gasteiger partial charge in [-0.15, -0.1) is 5.10 Å². The van der Waals surface area contributed by atoms with Crippen molar-refractivity contribution < 1.29 is 0 Å². The zero-order valence-corrected chi connectivity index (χ0v) is 13.0. The standard InChI is InChI=1S/C16H19N7/c1-11-4-5-14(22-21-11)23-8-2-3-12(9-23)20-16-13-6-7-17-15(13)18-10-19-16/h4-7,10,12H,2-3,8-9H2,1H3,(H2,17,18,19,20)/t12-/m0/s1. The molecular formula is C16H19N7. The van der Waals surface area contributed by atoms with Crippen LogP contribution in [0.4, 0.5) is 11.6 Å². The van der Waals surface area contributed by atoms with Gasteiger partial charge in [-0.05, 0) is 38.0 Å². The number of hydrogen-bond donors (Lipinski definition) is 2. The number of nitrogens with one attached hydrogen (secondary N) is 2. The molecule has 1 fully saturated rings. The summed E-state index contributed by atoms with van der Waals surface area (Å²) in [6.45, 7) is 3.86. The number of aromatic amines is 1. The zero-order valence-electron chi connectivity index (χ0n) is 13.0. The Kier molecular flexibility index (Phi) is 3.53. The van der Waals surface area contributed by atoms with Gasteiger partial charge in [-0.2, -0.15) is 5.10 Å². The van der Waals surface area contributed by atoms with Crippen molar-refractivity contribution in [3.8, 4) is 0 Å². The van der Waals surface area contributed by atoms with E-state index in [9.17, 15) is 0 Å². The van der Waals surface area contributed by atoms with Gasteiger partial charge in [0.05, 0.1) is 11.1 Å². The fourth-order valence-corrected chi connectivity index (χ4v) is 3.04. The lowest BCUT2D eigenvalue weighted by molar-refractivity contribution is 0.524. The first-order valence-corrected chi connectivity index (χ1v) is 7.89. The van der Waals surface area contributed by atoms with Gasteiger partial charge in [-0.3, -0.25) is 0 Å². The topological polar surface area (TPSA) is 82.6 Å². The fraction of sp³-hybridized carbons (Fsp3) is 0.375. The van der Waals surface area contributed by atoms with Crippen molar-refractivity contribution >= 4 is 22.7 Å². The van der Waals surface area contributed by atoms with E-state index < -0.39 is 0 Å². The van der Waals surface area contributed by atoms with Crippen molar-refractivity contribution in [1.82, 2.24) is 25.1 Å². The number of rotatable bonds is 3. The highest BCUT2D eigenvalue weighted by Gasteiger charge is 2.22. The molecular weight excluding hydrogens is 290 g/mol. The number of H-pyrrole nitrogens is 1. The second-order valence-corrected chi connectivity index (χ2v) is 5.92. The highest BCUT2D eigenvalue weighted by atomic mass is 15.3. The number of aromatic nitrogens is 5. The number of fused-ring (bicyclic) bond motifs is 1. The predicted octanol–water partition coefficient (Wildman–Crippen LogP) is 2.14. The van der Waals surface area contributed by atoms with Gasteiger partial charge in [0.15, 0.2) is 5.82 Å². The first-order chi connectivity index (χ1) is 11.3. The summed E-state index contributed by atoms with van der Waals surface area (Å²) in [7, 11) is 0. The molecule has 118 valence electrons. The van der Waals surface area contributed by atoms with Crippen molar-refractivity contribution in [2.24, 2.45) is 0 Å². The van der Waals surface area contributed by atoms with Crippen LogP contribution < -0.4 is 10.2 Å². The lowest BCUT2D eigenvalue weighted by Crippen LogP contribution is -2.42. The molecule has 1 atom stereocenters. The third kappa shape index (κ3) is 2.81. The Morgan fingerprint density at radius 3 is 3.04 bits per heavy atom. The van der Waals surface area contributed by atoms with E-state index in [1.807, 2.05) is 31.3 Å². The summed E-state index contributed by atoms with van der Waals surface area (Å²) in [6.07, 6.45) is 5.72. The van der Waals surface area contributed by atoms with Gasteiger partial charge in [0, 0.05) is 25.3 Å². The quantitative estimate of drug-likeness (QED) is 0.771. The van der Waals surface area contributed by atoms with Gasteiger partial charge in [-0.1, -0.05) is 0 Å². The van der Waals surface area contributed by atoms with E-state index in [1.54, 1.807) is 6.33 Å². The lowest BCUT2D eigenvalue weighted by atomic mass is 10.1. The molecule has 1 saturated heterocycles. The van der Waals surface area contributed by atoms with Crippen LogP contribution in [0.2, 0.25) is 0 Å². The second-order valence-electron chi connectivity index (χ2n) is 5.92. The summed E-state index contributed by atoms with van der Waals surface area (Å²) < 4.78 is 0. The molecule has 0 bridgehead atoms. The first kappa shape index (κ1) is 13.9. The molecule has 3 aromatic rings. The summed E-state index contributed by atoms with van der Waals surface area (Å²) in [5, 5.41) is 13.1. The van der Waals surface area contributed by atoms with Gasteiger partial charge in [0.2, 0.25) is 0 Å². The van der Waals surface area contributed by atoms with E-state index >= 15 is 0 Å². The fourth-order valence-electron chi connectivity index (χ4n) is 3.04. The van der Waals surface area contributed by atoms with Gasteiger partial charge in [-0.25, -0.2) is 9.97 Å². The summed E-state index contributed by atoms with van der Waals surface area (Å²) >= 11 is 0. The summed E-state index contributed by atoms with van der Waals surface area (Å²) in [4.78, 5) is 14.0. The van der Waals surface area contributed by atoms with Crippen LogP contribution in [0.5, 0.6) is 0 Å². The van der Waals surface area contributed by atoms with Crippen LogP contribution in [-0.2, 0) is 0 Å². The smallest absolute Gasteiger partial charge is 0.151 e. The van der Waals surface area contributed by atoms with E-state index in [0.29, 0.717) is 6.04 Å². The molecule has 3 aromatic heterocycles. The van der Waals surface area contributed by atoms with Crippen molar-refractivity contribution in [3.05, 3.63) is 36.4 Å². The van der Waals surface area contributed by atoms with Crippen LogP contribution in [-0.4, -0.2) is 44.3 Å². The maximum absolute atomic E-state index is 4.39. The largest absolute Gasteiger partial charge is 0.365 e. The first-order valence-electron chi connectivity index (χ1n) is 7.89. The predicted molar refractivity (Wildman–Crippen MR) is 89.5 cm³/mol. The van der Waals surface area contributed by atoms with Crippen molar-refractivity contribution in [1.29, 1.82) is 0 Å². The minimum atomic E-state index is 0.333. The van der Waals surface area contributed by atoms with Gasteiger partial charge in [0.1, 0.15) is 17.8 Å². The zero-order chi connectivity index (χ0) is 15.6. The molecule has 23 heavy (non-hydrogen) atoms. The molecule has 0 aromatic carbocycles. The summed E-state index contributed by atoms with van der Waals surface area (Å²) in [6, 6.07) is 6.39. The minimum absolute atomic E-state index is 0.333. The van der Waals surface area contributed by atoms with Crippen LogP contribution >= 0.6 is 0 Å². The van der Waals surface area contributed by atoms with Gasteiger partial charge < -0.3 is 15.2 Å². The van der Waals surface area contributed by atoms with Crippen LogP contribution in [0.15, 0.2) is 30.7 Å². The summed E-state index contributed by atoms with van der Waals surface area (Å²) in [5.74, 6) is 1.83. The number of piperidine rings is 1. The van der Waals surface area contributed by atoms with Crippen LogP contribution in [0, 0.1) is 6.92 Å². The molecule has 0 amide bonds. The molecule has 0 aliphatic carbocycles. The average Bonchev–Trinajstić information content (AvgIpc) is 3.06. The Bertz CT molecular complexity index is 796. The van der Waals surface area contributed by atoms with Gasteiger partial charge in [0.25, 0.3) is 0 Å². The van der Waals surface area contributed by atoms with Crippen molar-refractivity contribution in [2.75, 3.05) is 23.3 Å². The maximum atomic E-state index is 4.39. The third-order valence-corrected chi connectivity index (χ3v) is 4.22. The van der Waals surface area contributed by atoms with Crippen molar-refractivity contribution in [2.45, 2.75) is 25.8 Å². The van der Waals surface area contributed by atoms with E-state index in [4.69, 9.17) is 0 Å². The monoisotopic (exact) mass is 309 g/mol. The number of aryl methyl sites for hydroxylation is 1. The van der Waals surface area contributed by atoms with E-state index in [-0.39, 0.29) is 0 Å². The Morgan fingerprint density at radius 1 is 1.22 bits per heavy atom. The van der Waals surface area contributed by atoms with Gasteiger partial charge >= 0.3 is 0 Å². The molecule has 0 spiro atoms. The maximum Gasteiger partial charge on any atom is 0.151 e. The van der Waals surface area contributed by atoms with Crippen molar-refractivity contribution in [3.63, 3.8) is 0 Å². The normalized spacial score (nSPS) is 18.3. The van der Waals surface area contributed by atoms with E-state index in [0.717, 1.165) is 54.3 Å². The highest BCUT2D eigenvalue weighted by molar-refractivity contribution is 5.86. The van der Waals surface area contributed by atoms with Crippen LogP contribution in [0.1, 0.15) is 18.5 Å². The second kappa shape index (κ2) is 5.83. The lowest BCUT2D eigenvalue weighted by Gasteiger charge is -2.34. The van der Waals surface area contributed by atoms with Crippen LogP contribution in [0.25, 0.3) is 11.0 Å².